The summed E-state index contributed by atoms with van der Waals surface area (Å²) in [6, 6.07) is 11.9. The van der Waals surface area contributed by atoms with E-state index in [-0.39, 0.29) is 30.1 Å². The number of amides is 3. The predicted molar refractivity (Wildman–Crippen MR) is 132 cm³/mol. The summed E-state index contributed by atoms with van der Waals surface area (Å²) in [5.74, 6) is -0.184. The van der Waals surface area contributed by atoms with E-state index in [1.54, 1.807) is 36.4 Å². The van der Waals surface area contributed by atoms with Gasteiger partial charge in [-0.05, 0) is 53.6 Å². The van der Waals surface area contributed by atoms with E-state index in [2.05, 4.69) is 24.5 Å². The van der Waals surface area contributed by atoms with Crippen molar-refractivity contribution in [3.05, 3.63) is 65.5 Å². The zero-order chi connectivity index (χ0) is 25.5. The molecule has 1 aliphatic rings. The normalized spacial score (nSPS) is 17.6. The van der Waals surface area contributed by atoms with Crippen molar-refractivity contribution in [1.82, 2.24) is 10.2 Å². The summed E-state index contributed by atoms with van der Waals surface area (Å²) < 4.78 is 19.0. The van der Waals surface area contributed by atoms with Gasteiger partial charge in [0.1, 0.15) is 5.82 Å². The Morgan fingerprint density at radius 3 is 2.43 bits per heavy atom. The van der Waals surface area contributed by atoms with E-state index in [9.17, 15) is 18.8 Å². The second-order valence-corrected chi connectivity index (χ2v) is 9.75. The molecule has 8 heteroatoms. The molecule has 1 fully saturated rings. The van der Waals surface area contributed by atoms with Crippen LogP contribution < -0.4 is 10.6 Å². The highest BCUT2D eigenvalue weighted by atomic mass is 19.1. The van der Waals surface area contributed by atoms with Gasteiger partial charge in [0.2, 0.25) is 11.8 Å². The maximum Gasteiger partial charge on any atom is 0.411 e. The van der Waals surface area contributed by atoms with Crippen molar-refractivity contribution in [2.75, 3.05) is 11.9 Å². The molecule has 1 heterocycles. The molecule has 2 aromatic carbocycles. The van der Waals surface area contributed by atoms with Crippen LogP contribution >= 0.6 is 0 Å². The maximum absolute atomic E-state index is 13.4. The van der Waals surface area contributed by atoms with Crippen molar-refractivity contribution in [2.45, 2.75) is 59.2 Å². The standard InChI is InChI=1S/C27H34FN3O4/c1-17(2)12-13-29-26(33)24-25(20-6-5-7-22(15-20)30-23(32)14-18(3)4)35-27(34)31(24)16-19-8-10-21(28)11-9-19/h5-11,15,17-18,24-25H,12-14,16H2,1-4H3,(H,29,33)(H,30,32). The smallest absolute Gasteiger partial charge is 0.411 e. The van der Waals surface area contributed by atoms with Crippen molar-refractivity contribution < 1.29 is 23.5 Å². The third-order valence-electron chi connectivity index (χ3n) is 5.73. The van der Waals surface area contributed by atoms with Crippen LogP contribution in [0, 0.1) is 17.7 Å². The molecule has 188 valence electrons. The first kappa shape index (κ1) is 26.2. The minimum atomic E-state index is -0.915. The number of carbonyl (C=O) groups excluding carboxylic acids is 3. The van der Waals surface area contributed by atoms with E-state index in [1.165, 1.54) is 17.0 Å². The van der Waals surface area contributed by atoms with E-state index < -0.39 is 18.2 Å². The summed E-state index contributed by atoms with van der Waals surface area (Å²) in [4.78, 5) is 39.8. The molecule has 0 aliphatic carbocycles. The molecule has 0 spiro atoms. The Morgan fingerprint density at radius 2 is 1.77 bits per heavy atom. The van der Waals surface area contributed by atoms with Crippen LogP contribution in [0.4, 0.5) is 14.9 Å². The Balaban J connectivity index is 1.86. The van der Waals surface area contributed by atoms with Gasteiger partial charge in [-0.3, -0.25) is 14.5 Å². The summed E-state index contributed by atoms with van der Waals surface area (Å²) in [5, 5.41) is 5.79. The average molecular weight is 484 g/mol. The third-order valence-corrected chi connectivity index (χ3v) is 5.73. The van der Waals surface area contributed by atoms with Crippen LogP contribution in [0.15, 0.2) is 48.5 Å². The maximum atomic E-state index is 13.4. The van der Waals surface area contributed by atoms with E-state index in [0.29, 0.717) is 35.7 Å². The minimum absolute atomic E-state index is 0.0999. The minimum Gasteiger partial charge on any atom is -0.438 e. The highest BCUT2D eigenvalue weighted by Crippen LogP contribution is 2.35. The quantitative estimate of drug-likeness (QED) is 0.496. The van der Waals surface area contributed by atoms with E-state index >= 15 is 0 Å². The van der Waals surface area contributed by atoms with Crippen LogP contribution in [0.3, 0.4) is 0 Å². The topological polar surface area (TPSA) is 87.7 Å². The number of anilines is 1. The van der Waals surface area contributed by atoms with E-state index in [4.69, 9.17) is 4.74 Å². The number of hydrogen-bond acceptors (Lipinski definition) is 4. The lowest BCUT2D eigenvalue weighted by atomic mass is 9.99. The molecule has 0 saturated carbocycles. The molecular formula is C27H34FN3O4. The highest BCUT2D eigenvalue weighted by molar-refractivity contribution is 5.91. The highest BCUT2D eigenvalue weighted by Gasteiger charge is 2.47. The molecule has 7 nitrogen and oxygen atoms in total. The van der Waals surface area contributed by atoms with Gasteiger partial charge in [-0.25, -0.2) is 9.18 Å². The van der Waals surface area contributed by atoms with Crippen LogP contribution in [0.25, 0.3) is 0 Å². The zero-order valence-electron chi connectivity index (χ0n) is 20.7. The van der Waals surface area contributed by atoms with Gasteiger partial charge < -0.3 is 15.4 Å². The van der Waals surface area contributed by atoms with Crippen molar-refractivity contribution in [1.29, 1.82) is 0 Å². The molecule has 0 radical (unpaired) electrons. The number of nitrogens with one attached hydrogen (secondary N) is 2. The summed E-state index contributed by atoms with van der Waals surface area (Å²) in [7, 11) is 0. The largest absolute Gasteiger partial charge is 0.438 e. The third kappa shape index (κ3) is 7.28. The van der Waals surface area contributed by atoms with Crippen LogP contribution in [0.5, 0.6) is 0 Å². The molecule has 1 saturated heterocycles. The summed E-state index contributed by atoms with van der Waals surface area (Å²) in [6.45, 7) is 8.64. The molecule has 2 aromatic rings. The molecule has 0 bridgehead atoms. The predicted octanol–water partition coefficient (Wildman–Crippen LogP) is 5.03. The molecular weight excluding hydrogens is 449 g/mol. The number of rotatable bonds is 10. The fourth-order valence-corrected chi connectivity index (χ4v) is 3.96. The van der Waals surface area contributed by atoms with E-state index in [0.717, 1.165) is 6.42 Å². The Morgan fingerprint density at radius 1 is 1.06 bits per heavy atom. The first-order chi connectivity index (χ1) is 16.6. The number of nitrogens with zero attached hydrogens (tertiary/aromatic N) is 1. The van der Waals surface area contributed by atoms with Gasteiger partial charge in [-0.2, -0.15) is 0 Å². The molecule has 35 heavy (non-hydrogen) atoms. The lowest BCUT2D eigenvalue weighted by molar-refractivity contribution is -0.126. The van der Waals surface area contributed by atoms with Crippen LogP contribution in [0.2, 0.25) is 0 Å². The fourth-order valence-electron chi connectivity index (χ4n) is 3.96. The molecule has 3 amide bonds. The number of benzene rings is 2. The van der Waals surface area contributed by atoms with Gasteiger partial charge in [-0.15, -0.1) is 0 Å². The summed E-state index contributed by atoms with van der Waals surface area (Å²) in [5.41, 5.74) is 1.85. The molecule has 0 aromatic heterocycles. The van der Waals surface area contributed by atoms with Gasteiger partial charge in [0.15, 0.2) is 12.1 Å². The number of hydrogen-bond donors (Lipinski definition) is 2. The fraction of sp³-hybridized carbons (Fsp3) is 0.444. The SMILES string of the molecule is CC(C)CCNC(=O)C1C(c2cccc(NC(=O)CC(C)C)c2)OC(=O)N1Cc1ccc(F)cc1. The summed E-state index contributed by atoms with van der Waals surface area (Å²) >= 11 is 0. The van der Waals surface area contributed by atoms with E-state index in [1.807, 2.05) is 13.8 Å². The van der Waals surface area contributed by atoms with Gasteiger partial charge in [0, 0.05) is 18.7 Å². The van der Waals surface area contributed by atoms with Gasteiger partial charge >= 0.3 is 6.09 Å². The lowest BCUT2D eigenvalue weighted by Crippen LogP contribution is -2.46. The van der Waals surface area contributed by atoms with Crippen molar-refractivity contribution in [3.8, 4) is 0 Å². The molecule has 3 rings (SSSR count). The van der Waals surface area contributed by atoms with Crippen LogP contribution in [-0.4, -0.2) is 35.4 Å². The van der Waals surface area contributed by atoms with Crippen molar-refractivity contribution in [2.24, 2.45) is 11.8 Å². The average Bonchev–Trinajstić information content (AvgIpc) is 3.10. The molecule has 2 unspecified atom stereocenters. The number of cyclic esters (lactones) is 1. The van der Waals surface area contributed by atoms with Gasteiger partial charge in [0.25, 0.3) is 0 Å². The molecule has 2 atom stereocenters. The Hall–Kier alpha value is -3.42. The first-order valence-electron chi connectivity index (χ1n) is 12.0. The zero-order valence-corrected chi connectivity index (χ0v) is 20.7. The Labute approximate surface area is 206 Å². The molecule has 1 aliphatic heterocycles. The Kier molecular flexibility index (Phi) is 8.84. The lowest BCUT2D eigenvalue weighted by Gasteiger charge is -2.24. The summed E-state index contributed by atoms with van der Waals surface area (Å²) in [6.07, 6.45) is -0.302. The first-order valence-corrected chi connectivity index (χ1v) is 12.0. The van der Waals surface area contributed by atoms with Crippen LogP contribution in [0.1, 0.15) is 57.8 Å². The van der Waals surface area contributed by atoms with Crippen molar-refractivity contribution in [3.63, 3.8) is 0 Å². The Bertz CT molecular complexity index is 1040. The van der Waals surface area contributed by atoms with Gasteiger partial charge in [-0.1, -0.05) is 52.0 Å². The second kappa shape index (κ2) is 11.8. The monoisotopic (exact) mass is 483 g/mol. The van der Waals surface area contributed by atoms with Gasteiger partial charge in [0.05, 0.1) is 6.54 Å². The van der Waals surface area contributed by atoms with Crippen LogP contribution in [-0.2, 0) is 20.9 Å². The number of halogens is 1. The second-order valence-electron chi connectivity index (χ2n) is 9.75. The van der Waals surface area contributed by atoms with Crippen molar-refractivity contribution >= 4 is 23.6 Å². The number of ether oxygens (including phenoxy) is 1. The number of carbonyl (C=O) groups is 3. The molecule has 2 N–H and O–H groups in total.